The van der Waals surface area contributed by atoms with E-state index >= 15 is 0 Å². The van der Waals surface area contributed by atoms with Crippen LogP contribution < -0.4 is 9.62 Å². The van der Waals surface area contributed by atoms with Crippen LogP contribution in [0.4, 0.5) is 5.69 Å². The molecule has 0 bridgehead atoms. The summed E-state index contributed by atoms with van der Waals surface area (Å²) in [7, 11) is -1.17. The fourth-order valence-corrected chi connectivity index (χ4v) is 5.23. The number of unbranched alkanes of at least 4 members (excludes halogenated alkanes) is 1. The standard InChI is InChI=1S/C27H39ClN4O4S/c1-7-9-16-29-27(34)24(8-2)31(18-22-12-10-11-13-23(22)28)26(33)19-32(37(35,36)30(5)6)25-17-20(3)14-15-21(25)4/h10-15,17,24H,7-9,16,18-19H2,1-6H3,(H,29,34)/t24-/m0/s1. The van der Waals surface area contributed by atoms with Crippen LogP contribution in [0.5, 0.6) is 0 Å². The average molecular weight is 551 g/mol. The van der Waals surface area contributed by atoms with Crippen molar-refractivity contribution in [2.75, 3.05) is 31.5 Å². The molecule has 2 amide bonds. The highest BCUT2D eigenvalue weighted by Crippen LogP contribution is 2.26. The number of benzene rings is 2. The zero-order valence-electron chi connectivity index (χ0n) is 22.6. The predicted octanol–water partition coefficient (Wildman–Crippen LogP) is 4.29. The molecule has 0 aliphatic rings. The van der Waals surface area contributed by atoms with Crippen LogP contribution in [0.3, 0.4) is 0 Å². The Morgan fingerprint density at radius 2 is 1.73 bits per heavy atom. The first-order valence-corrected chi connectivity index (χ1v) is 14.3. The summed E-state index contributed by atoms with van der Waals surface area (Å²) in [5, 5.41) is 3.38. The SMILES string of the molecule is CCCCNC(=O)[C@H](CC)N(Cc1ccccc1Cl)C(=O)CN(c1cc(C)ccc1C)S(=O)(=O)N(C)C. The number of carbonyl (C=O) groups is 2. The third-order valence-corrected chi connectivity index (χ3v) is 8.34. The minimum Gasteiger partial charge on any atom is -0.354 e. The van der Waals surface area contributed by atoms with E-state index in [2.05, 4.69) is 5.32 Å². The molecule has 0 aliphatic heterocycles. The summed E-state index contributed by atoms with van der Waals surface area (Å²) < 4.78 is 29.0. The number of nitrogens with zero attached hydrogens (tertiary/aromatic N) is 3. The van der Waals surface area contributed by atoms with Crippen molar-refractivity contribution in [1.82, 2.24) is 14.5 Å². The fraction of sp³-hybridized carbons (Fsp3) is 0.481. The quantitative estimate of drug-likeness (QED) is 0.377. The van der Waals surface area contributed by atoms with Crippen LogP contribution in [0.25, 0.3) is 0 Å². The van der Waals surface area contributed by atoms with Gasteiger partial charge in [0.2, 0.25) is 11.8 Å². The first-order chi connectivity index (χ1) is 17.4. The molecule has 10 heteroatoms. The highest BCUT2D eigenvalue weighted by molar-refractivity contribution is 7.90. The highest BCUT2D eigenvalue weighted by Gasteiger charge is 2.34. The van der Waals surface area contributed by atoms with Crippen LogP contribution in [0.1, 0.15) is 49.8 Å². The van der Waals surface area contributed by atoms with Crippen molar-refractivity contribution in [3.8, 4) is 0 Å². The van der Waals surface area contributed by atoms with Gasteiger partial charge in [-0.15, -0.1) is 0 Å². The smallest absolute Gasteiger partial charge is 0.304 e. The molecule has 1 N–H and O–H groups in total. The van der Waals surface area contributed by atoms with Crippen molar-refractivity contribution < 1.29 is 18.0 Å². The van der Waals surface area contributed by atoms with Gasteiger partial charge in [0, 0.05) is 32.2 Å². The Balaban J connectivity index is 2.53. The Bertz CT molecular complexity index is 1190. The van der Waals surface area contributed by atoms with E-state index in [1.807, 2.05) is 39.0 Å². The topological polar surface area (TPSA) is 90.0 Å². The van der Waals surface area contributed by atoms with Gasteiger partial charge in [0.1, 0.15) is 12.6 Å². The molecule has 2 aromatic rings. The van der Waals surface area contributed by atoms with Crippen LogP contribution in [0, 0.1) is 13.8 Å². The number of hydrogen-bond donors (Lipinski definition) is 1. The van der Waals surface area contributed by atoms with Gasteiger partial charge in [-0.3, -0.25) is 9.59 Å². The van der Waals surface area contributed by atoms with E-state index in [0.29, 0.717) is 34.8 Å². The lowest BCUT2D eigenvalue weighted by Gasteiger charge is -2.34. The lowest BCUT2D eigenvalue weighted by atomic mass is 10.1. The molecule has 1 atom stereocenters. The molecule has 0 fully saturated rings. The number of carbonyl (C=O) groups excluding carboxylic acids is 2. The van der Waals surface area contributed by atoms with Gasteiger partial charge in [0.25, 0.3) is 0 Å². The molecule has 0 aliphatic carbocycles. The molecule has 8 nitrogen and oxygen atoms in total. The zero-order valence-corrected chi connectivity index (χ0v) is 24.2. The summed E-state index contributed by atoms with van der Waals surface area (Å²) in [6.45, 7) is 7.63. The third kappa shape index (κ3) is 7.93. The summed E-state index contributed by atoms with van der Waals surface area (Å²) in [5.74, 6) is -0.770. The lowest BCUT2D eigenvalue weighted by Crippen LogP contribution is -2.53. The van der Waals surface area contributed by atoms with Gasteiger partial charge < -0.3 is 10.2 Å². The van der Waals surface area contributed by atoms with Gasteiger partial charge in [-0.1, -0.05) is 62.2 Å². The van der Waals surface area contributed by atoms with E-state index in [1.54, 1.807) is 31.2 Å². The number of aryl methyl sites for hydroxylation is 2. The molecule has 0 aromatic heterocycles. The Labute approximate surface area is 226 Å². The van der Waals surface area contributed by atoms with Gasteiger partial charge in [0.15, 0.2) is 0 Å². The Morgan fingerprint density at radius 1 is 1.05 bits per heavy atom. The number of hydrogen-bond acceptors (Lipinski definition) is 4. The Morgan fingerprint density at radius 3 is 2.32 bits per heavy atom. The second-order valence-corrected chi connectivity index (χ2v) is 11.7. The molecule has 0 unspecified atom stereocenters. The minimum absolute atomic E-state index is 0.0703. The molecule has 204 valence electrons. The van der Waals surface area contributed by atoms with Crippen molar-refractivity contribution in [3.63, 3.8) is 0 Å². The molecule has 2 rings (SSSR count). The van der Waals surface area contributed by atoms with Gasteiger partial charge >= 0.3 is 10.2 Å². The van der Waals surface area contributed by atoms with E-state index in [9.17, 15) is 18.0 Å². The van der Waals surface area contributed by atoms with E-state index in [-0.39, 0.29) is 12.5 Å². The first kappa shape index (κ1) is 30.6. The fourth-order valence-electron chi connectivity index (χ4n) is 3.93. The van der Waals surface area contributed by atoms with Gasteiger partial charge in [-0.2, -0.15) is 12.7 Å². The van der Waals surface area contributed by atoms with Crippen molar-refractivity contribution >= 4 is 39.3 Å². The van der Waals surface area contributed by atoms with Crippen molar-refractivity contribution in [1.29, 1.82) is 0 Å². The maximum atomic E-state index is 13.9. The van der Waals surface area contributed by atoms with Crippen LogP contribution in [0.15, 0.2) is 42.5 Å². The highest BCUT2D eigenvalue weighted by atomic mass is 35.5. The minimum atomic E-state index is -4.02. The van der Waals surface area contributed by atoms with Crippen LogP contribution in [-0.2, 0) is 26.3 Å². The van der Waals surface area contributed by atoms with Crippen LogP contribution in [-0.4, -0.2) is 62.7 Å². The van der Waals surface area contributed by atoms with Gasteiger partial charge in [0.05, 0.1) is 5.69 Å². The molecule has 2 aromatic carbocycles. The third-order valence-electron chi connectivity index (χ3n) is 6.17. The number of nitrogens with one attached hydrogen (secondary N) is 1. The van der Waals surface area contributed by atoms with Crippen molar-refractivity contribution in [3.05, 3.63) is 64.2 Å². The second-order valence-electron chi connectivity index (χ2n) is 9.27. The summed E-state index contributed by atoms with van der Waals surface area (Å²) in [6, 6.07) is 11.8. The number of anilines is 1. The number of halogens is 1. The molecule has 0 saturated carbocycles. The largest absolute Gasteiger partial charge is 0.354 e. The molecule has 0 heterocycles. The summed E-state index contributed by atoms with van der Waals surface area (Å²) in [6.07, 6.45) is 2.10. The van der Waals surface area contributed by atoms with Crippen molar-refractivity contribution in [2.45, 2.75) is 59.5 Å². The zero-order chi connectivity index (χ0) is 27.8. The van der Waals surface area contributed by atoms with E-state index in [1.165, 1.54) is 19.0 Å². The normalized spacial score (nSPS) is 12.3. The monoisotopic (exact) mass is 550 g/mol. The molecule has 0 radical (unpaired) electrons. The van der Waals surface area contributed by atoms with Crippen molar-refractivity contribution in [2.24, 2.45) is 0 Å². The average Bonchev–Trinajstić information content (AvgIpc) is 2.85. The van der Waals surface area contributed by atoms with E-state index < -0.39 is 28.7 Å². The molecule has 37 heavy (non-hydrogen) atoms. The number of rotatable bonds is 13. The maximum Gasteiger partial charge on any atom is 0.304 e. The summed E-state index contributed by atoms with van der Waals surface area (Å²) in [4.78, 5) is 28.5. The Hall–Kier alpha value is -2.62. The molecular formula is C27H39ClN4O4S. The van der Waals surface area contributed by atoms with E-state index in [0.717, 1.165) is 27.0 Å². The molecular weight excluding hydrogens is 512 g/mol. The number of amides is 2. The Kier molecular flexibility index (Phi) is 11.4. The molecule has 0 spiro atoms. The van der Waals surface area contributed by atoms with Gasteiger partial charge in [-0.25, -0.2) is 4.31 Å². The van der Waals surface area contributed by atoms with Crippen LogP contribution in [0.2, 0.25) is 5.02 Å². The summed E-state index contributed by atoms with van der Waals surface area (Å²) in [5.41, 5.74) is 2.67. The molecule has 0 saturated heterocycles. The second kappa shape index (κ2) is 13.8. The van der Waals surface area contributed by atoms with E-state index in [4.69, 9.17) is 11.6 Å². The summed E-state index contributed by atoms with van der Waals surface area (Å²) >= 11 is 6.41. The predicted molar refractivity (Wildman–Crippen MR) is 150 cm³/mol. The first-order valence-electron chi connectivity index (χ1n) is 12.5. The maximum absolute atomic E-state index is 13.9. The van der Waals surface area contributed by atoms with Crippen LogP contribution >= 0.6 is 11.6 Å². The van der Waals surface area contributed by atoms with Gasteiger partial charge in [-0.05, 0) is 55.5 Å². The lowest BCUT2D eigenvalue weighted by molar-refractivity contribution is -0.140.